The van der Waals surface area contributed by atoms with Crippen molar-refractivity contribution in [3.63, 3.8) is 0 Å². The van der Waals surface area contributed by atoms with Crippen molar-refractivity contribution < 1.29 is 4.79 Å². The lowest BCUT2D eigenvalue weighted by atomic mass is 10.0. The van der Waals surface area contributed by atoms with Crippen LogP contribution in [0.15, 0.2) is 24.3 Å². The average Bonchev–Trinajstić information content (AvgIpc) is 2.96. The van der Waals surface area contributed by atoms with Gasteiger partial charge >= 0.3 is 0 Å². The molecule has 0 saturated carbocycles. The molecule has 0 bridgehead atoms. The Morgan fingerprint density at radius 2 is 1.96 bits per heavy atom. The predicted molar refractivity (Wildman–Crippen MR) is 109 cm³/mol. The second kappa shape index (κ2) is 10.00. The van der Waals surface area contributed by atoms with Gasteiger partial charge in [-0.1, -0.05) is 18.2 Å². The minimum Gasteiger partial charge on any atom is -0.399 e. The monoisotopic (exact) mass is 401 g/mol. The number of rotatable bonds is 5. The van der Waals surface area contributed by atoms with Crippen LogP contribution in [-0.4, -0.2) is 22.8 Å². The summed E-state index contributed by atoms with van der Waals surface area (Å²) in [4.78, 5) is 20.2. The highest BCUT2D eigenvalue weighted by Crippen LogP contribution is 2.27. The van der Waals surface area contributed by atoms with Crippen molar-refractivity contribution in [3.8, 4) is 0 Å². The SMILES string of the molecule is CN(Cc1nc2c(s1)CCCC2)C(=O)CCc1ccccc1N.Cl.Cl. The summed E-state index contributed by atoms with van der Waals surface area (Å²) < 4.78 is 0. The lowest BCUT2D eigenvalue weighted by Gasteiger charge is -2.16. The first-order chi connectivity index (χ1) is 11.1. The van der Waals surface area contributed by atoms with E-state index in [1.165, 1.54) is 23.4 Å². The maximum Gasteiger partial charge on any atom is 0.223 e. The molecule has 1 aromatic carbocycles. The number of halogens is 2. The van der Waals surface area contributed by atoms with Crippen molar-refractivity contribution in [2.75, 3.05) is 12.8 Å². The van der Waals surface area contributed by atoms with E-state index in [1.54, 1.807) is 16.2 Å². The summed E-state index contributed by atoms with van der Waals surface area (Å²) in [6.45, 7) is 0.612. The van der Waals surface area contributed by atoms with Crippen LogP contribution in [0.3, 0.4) is 0 Å². The highest BCUT2D eigenvalue weighted by molar-refractivity contribution is 7.11. The van der Waals surface area contributed by atoms with Gasteiger partial charge in [-0.2, -0.15) is 0 Å². The first-order valence-corrected chi connectivity index (χ1v) is 9.00. The number of hydrogen-bond donors (Lipinski definition) is 1. The van der Waals surface area contributed by atoms with Crippen LogP contribution >= 0.6 is 36.2 Å². The number of fused-ring (bicyclic) bond motifs is 1. The Bertz CT molecular complexity index is 682. The van der Waals surface area contributed by atoms with Gasteiger partial charge in [0.15, 0.2) is 0 Å². The predicted octanol–water partition coefficient (Wildman–Crippen LogP) is 4.04. The molecule has 138 valence electrons. The summed E-state index contributed by atoms with van der Waals surface area (Å²) in [6.07, 6.45) is 5.92. The van der Waals surface area contributed by atoms with Gasteiger partial charge in [0.05, 0.1) is 12.2 Å². The quantitative estimate of drug-likeness (QED) is 0.768. The molecule has 1 heterocycles. The smallest absolute Gasteiger partial charge is 0.223 e. The van der Waals surface area contributed by atoms with E-state index in [4.69, 9.17) is 10.7 Å². The van der Waals surface area contributed by atoms with Crippen molar-refractivity contribution >= 4 is 47.7 Å². The number of anilines is 1. The fourth-order valence-corrected chi connectivity index (χ4v) is 4.17. The van der Waals surface area contributed by atoms with Crippen molar-refractivity contribution in [2.24, 2.45) is 0 Å². The second-order valence-corrected chi connectivity index (χ2v) is 7.30. The zero-order valence-electron chi connectivity index (χ0n) is 14.4. The molecule has 1 amide bonds. The Hall–Kier alpha value is -1.30. The second-order valence-electron chi connectivity index (χ2n) is 6.13. The van der Waals surface area contributed by atoms with Gasteiger partial charge in [-0.15, -0.1) is 36.2 Å². The van der Waals surface area contributed by atoms with E-state index in [9.17, 15) is 4.79 Å². The van der Waals surface area contributed by atoms with Gasteiger partial charge in [0, 0.05) is 24.0 Å². The minimum absolute atomic E-state index is 0. The number of para-hydroxylation sites is 1. The average molecular weight is 402 g/mol. The van der Waals surface area contributed by atoms with Crippen molar-refractivity contribution in [1.29, 1.82) is 0 Å². The van der Waals surface area contributed by atoms with Crippen LogP contribution in [0.1, 0.15) is 40.4 Å². The zero-order chi connectivity index (χ0) is 16.2. The summed E-state index contributed by atoms with van der Waals surface area (Å²) in [5.41, 5.74) is 8.99. The van der Waals surface area contributed by atoms with Crippen LogP contribution in [0, 0.1) is 0 Å². The van der Waals surface area contributed by atoms with E-state index in [0.29, 0.717) is 19.4 Å². The zero-order valence-corrected chi connectivity index (χ0v) is 16.8. The number of nitrogens with zero attached hydrogens (tertiary/aromatic N) is 2. The number of carbonyl (C=O) groups excluding carboxylic acids is 1. The molecule has 2 aromatic rings. The van der Waals surface area contributed by atoms with Crippen molar-refractivity contribution in [1.82, 2.24) is 9.88 Å². The number of aryl methyl sites for hydroxylation is 3. The molecule has 25 heavy (non-hydrogen) atoms. The molecule has 1 aromatic heterocycles. The van der Waals surface area contributed by atoms with Crippen LogP contribution in [-0.2, 0) is 30.6 Å². The third-order valence-electron chi connectivity index (χ3n) is 4.35. The summed E-state index contributed by atoms with van der Waals surface area (Å²) >= 11 is 1.77. The molecular weight excluding hydrogens is 377 g/mol. The van der Waals surface area contributed by atoms with E-state index in [2.05, 4.69) is 0 Å². The Morgan fingerprint density at radius 1 is 1.24 bits per heavy atom. The summed E-state index contributed by atoms with van der Waals surface area (Å²) in [5.74, 6) is 0.140. The van der Waals surface area contributed by atoms with Crippen LogP contribution in [0.25, 0.3) is 0 Å². The molecule has 7 heteroatoms. The lowest BCUT2D eigenvalue weighted by molar-refractivity contribution is -0.130. The van der Waals surface area contributed by atoms with E-state index in [1.807, 2.05) is 31.3 Å². The Kier molecular flexibility index (Phi) is 8.69. The third-order valence-corrected chi connectivity index (χ3v) is 5.49. The molecule has 0 unspecified atom stereocenters. The molecule has 2 N–H and O–H groups in total. The van der Waals surface area contributed by atoms with Gasteiger partial charge in [0.1, 0.15) is 5.01 Å². The number of hydrogen-bond acceptors (Lipinski definition) is 4. The number of aromatic nitrogens is 1. The third kappa shape index (κ3) is 5.59. The van der Waals surface area contributed by atoms with Gasteiger partial charge in [0.2, 0.25) is 5.91 Å². The molecule has 1 aliphatic rings. The van der Waals surface area contributed by atoms with E-state index in [0.717, 1.165) is 29.1 Å². The molecule has 0 atom stereocenters. The van der Waals surface area contributed by atoms with Gasteiger partial charge in [-0.3, -0.25) is 4.79 Å². The number of carbonyl (C=O) groups is 1. The minimum atomic E-state index is 0. The Balaban J connectivity index is 0.00000156. The first-order valence-electron chi connectivity index (χ1n) is 8.18. The molecule has 0 fully saturated rings. The molecule has 0 aliphatic heterocycles. The van der Waals surface area contributed by atoms with Gasteiger partial charge < -0.3 is 10.6 Å². The van der Waals surface area contributed by atoms with E-state index >= 15 is 0 Å². The number of thiazole rings is 1. The Morgan fingerprint density at radius 3 is 2.68 bits per heavy atom. The first kappa shape index (κ1) is 21.7. The molecule has 3 rings (SSSR count). The van der Waals surface area contributed by atoms with E-state index in [-0.39, 0.29) is 30.7 Å². The van der Waals surface area contributed by atoms with Crippen LogP contribution in [0.4, 0.5) is 5.69 Å². The number of nitrogen functional groups attached to an aromatic ring is 1. The number of nitrogens with two attached hydrogens (primary N) is 1. The largest absolute Gasteiger partial charge is 0.399 e. The molecular formula is C18H25Cl2N3OS. The standard InChI is InChI=1S/C18H23N3OS.2ClH/c1-21(12-17-20-15-8-4-5-9-16(15)23-17)18(22)11-10-13-6-2-3-7-14(13)19;;/h2-3,6-7H,4-5,8-12,19H2,1H3;2*1H. The highest BCUT2D eigenvalue weighted by atomic mass is 35.5. The molecule has 0 saturated heterocycles. The maximum atomic E-state index is 12.3. The van der Waals surface area contributed by atoms with E-state index < -0.39 is 0 Å². The van der Waals surface area contributed by atoms with Crippen LogP contribution in [0.5, 0.6) is 0 Å². The summed E-state index contributed by atoms with van der Waals surface area (Å²) in [7, 11) is 1.86. The number of benzene rings is 1. The van der Waals surface area contributed by atoms with Gasteiger partial charge in [-0.25, -0.2) is 4.98 Å². The van der Waals surface area contributed by atoms with Crippen LogP contribution in [0.2, 0.25) is 0 Å². The maximum absolute atomic E-state index is 12.3. The lowest BCUT2D eigenvalue weighted by Crippen LogP contribution is -2.26. The Labute approximate surface area is 165 Å². The topological polar surface area (TPSA) is 59.2 Å². The highest BCUT2D eigenvalue weighted by Gasteiger charge is 2.17. The molecule has 1 aliphatic carbocycles. The van der Waals surface area contributed by atoms with Gasteiger partial charge in [-0.05, 0) is 43.7 Å². The van der Waals surface area contributed by atoms with Crippen LogP contribution < -0.4 is 5.73 Å². The summed E-state index contributed by atoms with van der Waals surface area (Å²) in [6, 6.07) is 7.73. The number of amides is 1. The normalized spacial score (nSPS) is 12.5. The molecule has 0 spiro atoms. The molecule has 4 nitrogen and oxygen atoms in total. The van der Waals surface area contributed by atoms with Gasteiger partial charge in [0.25, 0.3) is 0 Å². The summed E-state index contributed by atoms with van der Waals surface area (Å²) in [5, 5.41) is 1.06. The van der Waals surface area contributed by atoms with Crippen molar-refractivity contribution in [3.05, 3.63) is 45.4 Å². The molecule has 0 radical (unpaired) electrons. The fraction of sp³-hybridized carbons (Fsp3) is 0.444. The fourth-order valence-electron chi connectivity index (χ4n) is 2.96. The van der Waals surface area contributed by atoms with Crippen molar-refractivity contribution in [2.45, 2.75) is 45.1 Å².